The Morgan fingerprint density at radius 1 is 1.26 bits per heavy atom. The van der Waals surface area contributed by atoms with Gasteiger partial charge in [0.05, 0.1) is 17.1 Å². The highest BCUT2D eigenvalue weighted by Gasteiger charge is 2.26. The van der Waals surface area contributed by atoms with Crippen LogP contribution in [0, 0.1) is 6.92 Å². The van der Waals surface area contributed by atoms with Crippen LogP contribution in [-0.2, 0) is 17.6 Å². The molecule has 0 spiro atoms. The predicted molar refractivity (Wildman–Crippen MR) is 106 cm³/mol. The number of aryl methyl sites for hydroxylation is 1. The smallest absolute Gasteiger partial charge is 0.233 e. The lowest BCUT2D eigenvalue weighted by atomic mass is 10.1. The van der Waals surface area contributed by atoms with Crippen LogP contribution in [-0.4, -0.2) is 22.6 Å². The van der Waals surface area contributed by atoms with Gasteiger partial charge in [0, 0.05) is 28.6 Å². The van der Waals surface area contributed by atoms with Crippen LogP contribution in [0.4, 0.5) is 5.69 Å². The minimum Gasteiger partial charge on any atom is -0.356 e. The zero-order chi connectivity index (χ0) is 18.4. The molecule has 0 fully saturated rings. The third kappa shape index (κ3) is 2.82. The first-order chi connectivity index (χ1) is 13.2. The summed E-state index contributed by atoms with van der Waals surface area (Å²) in [6.07, 6.45) is 1.10. The molecule has 0 atom stereocenters. The normalized spacial score (nSPS) is 13.3. The number of carbonyl (C=O) groups excluding carboxylic acids is 1. The number of fused-ring (bicyclic) bond motifs is 2. The number of anilines is 1. The number of hydrogen-bond donors (Lipinski definition) is 0. The van der Waals surface area contributed by atoms with Gasteiger partial charge in [0.2, 0.25) is 5.91 Å². The van der Waals surface area contributed by atoms with Crippen molar-refractivity contribution in [3.63, 3.8) is 0 Å². The largest absolute Gasteiger partial charge is 0.356 e. The molecule has 134 valence electrons. The molecular weight excluding hydrogens is 358 g/mol. The van der Waals surface area contributed by atoms with Gasteiger partial charge < -0.3 is 9.42 Å². The van der Waals surface area contributed by atoms with E-state index < -0.39 is 0 Å². The van der Waals surface area contributed by atoms with Crippen molar-refractivity contribution < 1.29 is 9.32 Å². The zero-order valence-corrected chi connectivity index (χ0v) is 15.6. The number of para-hydroxylation sites is 1. The summed E-state index contributed by atoms with van der Waals surface area (Å²) >= 11 is 1.65. The number of hydrogen-bond acceptors (Lipinski definition) is 5. The first kappa shape index (κ1) is 16.2. The molecule has 0 unspecified atom stereocenters. The van der Waals surface area contributed by atoms with E-state index in [0.717, 1.165) is 33.8 Å². The predicted octanol–water partition coefficient (Wildman–Crippen LogP) is 4.39. The van der Waals surface area contributed by atoms with Crippen molar-refractivity contribution in [1.82, 2.24) is 10.1 Å². The summed E-state index contributed by atoms with van der Waals surface area (Å²) in [5.41, 5.74) is 5.69. The fourth-order valence-corrected chi connectivity index (χ4v) is 4.24. The molecule has 0 aliphatic carbocycles. The van der Waals surface area contributed by atoms with Crippen LogP contribution in [0.25, 0.3) is 22.2 Å². The minimum atomic E-state index is 0.0463. The van der Waals surface area contributed by atoms with Crippen LogP contribution in [0.3, 0.4) is 0 Å². The molecule has 1 aliphatic rings. The van der Waals surface area contributed by atoms with E-state index in [1.807, 2.05) is 48.2 Å². The molecule has 5 nitrogen and oxygen atoms in total. The number of benzene rings is 2. The van der Waals surface area contributed by atoms with Gasteiger partial charge in [-0.25, -0.2) is 4.98 Å². The fourth-order valence-electron chi connectivity index (χ4n) is 3.62. The summed E-state index contributed by atoms with van der Waals surface area (Å²) < 4.78 is 5.32. The maximum absolute atomic E-state index is 12.9. The lowest BCUT2D eigenvalue weighted by Crippen LogP contribution is -2.30. The second-order valence-corrected chi connectivity index (χ2v) is 7.76. The quantitative estimate of drug-likeness (QED) is 0.533. The molecule has 1 aliphatic heterocycles. The molecular formula is C21H17N3O2S. The Labute approximate surface area is 160 Å². The van der Waals surface area contributed by atoms with E-state index >= 15 is 0 Å². The molecule has 0 saturated carbocycles. The van der Waals surface area contributed by atoms with Crippen LogP contribution in [0.5, 0.6) is 0 Å². The second-order valence-electron chi connectivity index (χ2n) is 6.69. The molecule has 4 aromatic rings. The number of rotatable bonds is 3. The number of carbonyl (C=O) groups is 1. The Morgan fingerprint density at radius 3 is 3.00 bits per heavy atom. The zero-order valence-electron chi connectivity index (χ0n) is 14.8. The van der Waals surface area contributed by atoms with Gasteiger partial charge in [-0.15, -0.1) is 11.3 Å². The van der Waals surface area contributed by atoms with Gasteiger partial charge in [-0.1, -0.05) is 23.4 Å². The molecule has 3 heterocycles. The van der Waals surface area contributed by atoms with Crippen molar-refractivity contribution in [1.29, 1.82) is 0 Å². The topological polar surface area (TPSA) is 59.2 Å². The highest BCUT2D eigenvalue weighted by molar-refractivity contribution is 7.09. The minimum absolute atomic E-state index is 0.0463. The van der Waals surface area contributed by atoms with Crippen LogP contribution < -0.4 is 4.90 Å². The van der Waals surface area contributed by atoms with Crippen molar-refractivity contribution in [2.45, 2.75) is 19.8 Å². The molecule has 2 aromatic heterocycles. The highest BCUT2D eigenvalue weighted by atomic mass is 32.1. The van der Waals surface area contributed by atoms with Gasteiger partial charge in [-0.3, -0.25) is 4.79 Å². The molecule has 5 rings (SSSR count). The van der Waals surface area contributed by atoms with E-state index in [1.54, 1.807) is 11.3 Å². The standard InChI is InChI=1S/C21H17N3O2S/c1-13-22-18(12-27-13)14-6-7-19-15(10-14)8-9-24(19)21(25)11-17-16-4-2-3-5-20(16)26-23-17/h2-7,10,12H,8-9,11H2,1H3. The van der Waals surface area contributed by atoms with Crippen LogP contribution in [0.1, 0.15) is 16.3 Å². The maximum atomic E-state index is 12.9. The number of nitrogens with zero attached hydrogens (tertiary/aromatic N) is 3. The van der Waals surface area contributed by atoms with E-state index in [4.69, 9.17) is 4.52 Å². The van der Waals surface area contributed by atoms with Gasteiger partial charge in [0.1, 0.15) is 5.69 Å². The van der Waals surface area contributed by atoms with E-state index in [1.165, 1.54) is 5.56 Å². The van der Waals surface area contributed by atoms with Crippen LogP contribution in [0.2, 0.25) is 0 Å². The summed E-state index contributed by atoms with van der Waals surface area (Å²) in [4.78, 5) is 19.3. The van der Waals surface area contributed by atoms with E-state index in [-0.39, 0.29) is 12.3 Å². The number of amides is 1. The summed E-state index contributed by atoms with van der Waals surface area (Å²) in [6.45, 7) is 2.71. The van der Waals surface area contributed by atoms with Crippen molar-refractivity contribution in [2.75, 3.05) is 11.4 Å². The van der Waals surface area contributed by atoms with Crippen molar-refractivity contribution in [3.8, 4) is 11.3 Å². The Morgan fingerprint density at radius 2 is 2.15 bits per heavy atom. The van der Waals surface area contributed by atoms with Gasteiger partial charge >= 0.3 is 0 Å². The third-order valence-electron chi connectivity index (χ3n) is 4.96. The third-order valence-corrected chi connectivity index (χ3v) is 5.74. The monoisotopic (exact) mass is 375 g/mol. The van der Waals surface area contributed by atoms with E-state index in [2.05, 4.69) is 21.6 Å². The number of aromatic nitrogens is 2. The summed E-state index contributed by atoms with van der Waals surface area (Å²) in [5, 5.41) is 8.12. The van der Waals surface area contributed by atoms with Crippen LogP contribution >= 0.6 is 11.3 Å². The first-order valence-electron chi connectivity index (χ1n) is 8.88. The molecule has 27 heavy (non-hydrogen) atoms. The van der Waals surface area contributed by atoms with Crippen molar-refractivity contribution in [2.24, 2.45) is 0 Å². The second kappa shape index (κ2) is 6.32. The maximum Gasteiger partial charge on any atom is 0.233 e. The Bertz CT molecular complexity index is 1160. The van der Waals surface area contributed by atoms with Crippen molar-refractivity contribution in [3.05, 3.63) is 64.1 Å². The SMILES string of the molecule is Cc1nc(-c2ccc3c(c2)CCN3C(=O)Cc2noc3ccccc23)cs1. The fraction of sp³-hybridized carbons (Fsp3) is 0.190. The van der Waals surface area contributed by atoms with Crippen molar-refractivity contribution >= 4 is 33.9 Å². The van der Waals surface area contributed by atoms with Crippen LogP contribution in [0.15, 0.2) is 52.4 Å². The summed E-state index contributed by atoms with van der Waals surface area (Å²) in [7, 11) is 0. The van der Waals surface area contributed by atoms with E-state index in [0.29, 0.717) is 17.8 Å². The van der Waals surface area contributed by atoms with Gasteiger partial charge in [0.25, 0.3) is 0 Å². The van der Waals surface area contributed by atoms with Gasteiger partial charge in [-0.05, 0) is 43.2 Å². The first-order valence-corrected chi connectivity index (χ1v) is 9.76. The molecule has 0 N–H and O–H groups in total. The molecule has 0 saturated heterocycles. The number of thiazole rings is 1. The van der Waals surface area contributed by atoms with Gasteiger partial charge in [-0.2, -0.15) is 0 Å². The van der Waals surface area contributed by atoms with E-state index in [9.17, 15) is 4.79 Å². The summed E-state index contributed by atoms with van der Waals surface area (Å²) in [5.74, 6) is 0.0463. The molecule has 0 radical (unpaired) electrons. The summed E-state index contributed by atoms with van der Waals surface area (Å²) in [6, 6.07) is 13.9. The lowest BCUT2D eigenvalue weighted by molar-refractivity contribution is -0.117. The Kier molecular flexibility index (Phi) is 3.79. The Balaban J connectivity index is 1.41. The molecule has 0 bridgehead atoms. The Hall–Kier alpha value is -2.99. The molecule has 1 amide bonds. The van der Waals surface area contributed by atoms with Gasteiger partial charge in [0.15, 0.2) is 5.58 Å². The average Bonchev–Trinajstić information content (AvgIpc) is 3.40. The highest BCUT2D eigenvalue weighted by Crippen LogP contribution is 2.33. The molecule has 6 heteroatoms. The molecule has 2 aromatic carbocycles. The lowest BCUT2D eigenvalue weighted by Gasteiger charge is -2.17. The average molecular weight is 375 g/mol.